The number of aromatic nitrogens is 2. The molecule has 0 radical (unpaired) electrons. The molecule has 1 atom stereocenters. The van der Waals surface area contributed by atoms with E-state index in [1.54, 1.807) is 48.3 Å². The van der Waals surface area contributed by atoms with Crippen molar-refractivity contribution in [2.75, 3.05) is 0 Å². The van der Waals surface area contributed by atoms with Crippen LogP contribution in [0.2, 0.25) is 0 Å². The van der Waals surface area contributed by atoms with E-state index in [0.717, 1.165) is 11.3 Å². The van der Waals surface area contributed by atoms with Crippen molar-refractivity contribution in [1.82, 2.24) is 14.9 Å². The zero-order chi connectivity index (χ0) is 18.0. The first-order chi connectivity index (χ1) is 12.0. The van der Waals surface area contributed by atoms with Gasteiger partial charge >= 0.3 is 0 Å². The summed E-state index contributed by atoms with van der Waals surface area (Å²) in [5, 5.41) is 2.88. The molecular formula is C18H16FN3O2S. The van der Waals surface area contributed by atoms with Crippen molar-refractivity contribution in [1.29, 1.82) is 0 Å². The number of Topliss-reactive ketones (excluding diaryl/α,β-unsaturated/α-hetero) is 1. The van der Waals surface area contributed by atoms with Gasteiger partial charge in [-0.15, -0.1) is 11.3 Å². The summed E-state index contributed by atoms with van der Waals surface area (Å²) in [7, 11) is 1.81. The lowest BCUT2D eigenvalue weighted by molar-refractivity contribution is 0.0944. The Morgan fingerprint density at radius 3 is 2.60 bits per heavy atom. The van der Waals surface area contributed by atoms with E-state index in [1.165, 1.54) is 19.1 Å². The average molecular weight is 357 g/mol. The minimum absolute atomic E-state index is 0.0881. The van der Waals surface area contributed by atoms with Crippen LogP contribution in [0.4, 0.5) is 4.39 Å². The topological polar surface area (TPSA) is 64.0 Å². The first-order valence-electron chi connectivity index (χ1n) is 7.60. The standard InChI is InChI=1S/C18H16FN3O2S/c1-11(23)14-6-7-15(25-14)18(24)21-16(17-20-8-9-22(17)2)12-4-3-5-13(19)10-12/h3-10,16H,1-2H3,(H,21,24)/t16-/m1/s1. The quantitative estimate of drug-likeness (QED) is 0.712. The Morgan fingerprint density at radius 2 is 2.00 bits per heavy atom. The second-order valence-electron chi connectivity index (χ2n) is 5.58. The number of amides is 1. The smallest absolute Gasteiger partial charge is 0.262 e. The number of carbonyl (C=O) groups is 2. The number of rotatable bonds is 5. The molecule has 0 aliphatic rings. The van der Waals surface area contributed by atoms with Crippen molar-refractivity contribution in [2.45, 2.75) is 13.0 Å². The lowest BCUT2D eigenvalue weighted by atomic mass is 10.1. The van der Waals surface area contributed by atoms with Crippen molar-refractivity contribution in [3.63, 3.8) is 0 Å². The molecule has 0 bridgehead atoms. The lowest BCUT2D eigenvalue weighted by Crippen LogP contribution is -2.30. The van der Waals surface area contributed by atoms with Crippen molar-refractivity contribution >= 4 is 23.0 Å². The Kier molecular flexibility index (Phi) is 4.76. The molecule has 25 heavy (non-hydrogen) atoms. The Hall–Kier alpha value is -2.80. The zero-order valence-corrected chi connectivity index (χ0v) is 14.5. The van der Waals surface area contributed by atoms with Gasteiger partial charge < -0.3 is 9.88 Å². The molecule has 0 aliphatic heterocycles. The van der Waals surface area contributed by atoms with Crippen LogP contribution in [0, 0.1) is 5.82 Å². The fourth-order valence-electron chi connectivity index (χ4n) is 2.49. The summed E-state index contributed by atoms with van der Waals surface area (Å²) in [5.41, 5.74) is 0.589. The largest absolute Gasteiger partial charge is 0.337 e. The molecule has 0 saturated carbocycles. The van der Waals surface area contributed by atoms with Crippen LogP contribution in [-0.4, -0.2) is 21.2 Å². The third kappa shape index (κ3) is 3.66. The van der Waals surface area contributed by atoms with Gasteiger partial charge in [0.15, 0.2) is 5.78 Å². The highest BCUT2D eigenvalue weighted by Gasteiger charge is 2.23. The van der Waals surface area contributed by atoms with E-state index in [1.807, 2.05) is 0 Å². The number of imidazole rings is 1. The van der Waals surface area contributed by atoms with Crippen LogP contribution >= 0.6 is 11.3 Å². The number of hydrogen-bond donors (Lipinski definition) is 1. The van der Waals surface area contributed by atoms with Gasteiger partial charge in [-0.1, -0.05) is 12.1 Å². The third-order valence-corrected chi connectivity index (χ3v) is 4.94. The minimum Gasteiger partial charge on any atom is -0.337 e. The van der Waals surface area contributed by atoms with Crippen LogP contribution in [0.1, 0.15) is 43.7 Å². The van der Waals surface area contributed by atoms with E-state index >= 15 is 0 Å². The number of thiophene rings is 1. The molecule has 3 rings (SSSR count). The van der Waals surface area contributed by atoms with Crippen LogP contribution in [0.25, 0.3) is 0 Å². The maximum atomic E-state index is 13.6. The van der Waals surface area contributed by atoms with Crippen LogP contribution in [0.5, 0.6) is 0 Å². The minimum atomic E-state index is -0.605. The van der Waals surface area contributed by atoms with Gasteiger partial charge in [0, 0.05) is 19.4 Å². The van der Waals surface area contributed by atoms with E-state index in [-0.39, 0.29) is 17.5 Å². The molecule has 0 saturated heterocycles. The number of nitrogens with zero attached hydrogens (tertiary/aromatic N) is 2. The van der Waals surface area contributed by atoms with Gasteiger partial charge in [0.1, 0.15) is 17.7 Å². The highest BCUT2D eigenvalue weighted by Crippen LogP contribution is 2.23. The van der Waals surface area contributed by atoms with E-state index in [0.29, 0.717) is 21.1 Å². The fraction of sp³-hybridized carbons (Fsp3) is 0.167. The normalized spacial score (nSPS) is 12.0. The van der Waals surface area contributed by atoms with Gasteiger partial charge in [-0.3, -0.25) is 9.59 Å². The van der Waals surface area contributed by atoms with Crippen LogP contribution in [0.15, 0.2) is 48.8 Å². The molecule has 1 aromatic carbocycles. The summed E-state index contributed by atoms with van der Waals surface area (Å²) in [5.74, 6) is -0.229. The number of ketones is 1. The fourth-order valence-corrected chi connectivity index (χ4v) is 3.29. The molecule has 7 heteroatoms. The van der Waals surface area contributed by atoms with E-state index < -0.39 is 6.04 Å². The second kappa shape index (κ2) is 6.98. The number of halogens is 1. The molecule has 1 N–H and O–H groups in total. The van der Waals surface area contributed by atoms with Crippen molar-refractivity contribution in [3.8, 4) is 0 Å². The summed E-state index contributed by atoms with van der Waals surface area (Å²) in [6.45, 7) is 1.46. The molecule has 1 amide bonds. The summed E-state index contributed by atoms with van der Waals surface area (Å²) in [6.07, 6.45) is 3.37. The molecule has 5 nitrogen and oxygen atoms in total. The van der Waals surface area contributed by atoms with Gasteiger partial charge in [0.2, 0.25) is 0 Å². The Balaban J connectivity index is 1.93. The molecule has 128 valence electrons. The lowest BCUT2D eigenvalue weighted by Gasteiger charge is -2.19. The number of hydrogen-bond acceptors (Lipinski definition) is 4. The third-order valence-electron chi connectivity index (χ3n) is 3.75. The van der Waals surface area contributed by atoms with Crippen molar-refractivity contribution < 1.29 is 14.0 Å². The van der Waals surface area contributed by atoms with Crippen LogP contribution in [0.3, 0.4) is 0 Å². The summed E-state index contributed by atoms with van der Waals surface area (Å²) in [6, 6.07) is 8.67. The highest BCUT2D eigenvalue weighted by atomic mass is 32.1. The van der Waals surface area contributed by atoms with Crippen LogP contribution in [-0.2, 0) is 7.05 Å². The molecule has 2 heterocycles. The number of nitrogens with one attached hydrogen (secondary N) is 1. The molecule has 0 fully saturated rings. The van der Waals surface area contributed by atoms with Gasteiger partial charge in [0.25, 0.3) is 5.91 Å². The maximum absolute atomic E-state index is 13.6. The maximum Gasteiger partial charge on any atom is 0.262 e. The molecule has 2 aromatic heterocycles. The Morgan fingerprint density at radius 1 is 1.24 bits per heavy atom. The summed E-state index contributed by atoms with van der Waals surface area (Å²) in [4.78, 5) is 29.2. The molecule has 0 aliphatic carbocycles. The average Bonchev–Trinajstić information content (AvgIpc) is 3.21. The van der Waals surface area contributed by atoms with Crippen molar-refractivity contribution in [3.05, 3.63) is 75.8 Å². The SMILES string of the molecule is CC(=O)c1ccc(C(=O)N[C@H](c2cccc(F)c2)c2nccn2C)s1. The van der Waals surface area contributed by atoms with Gasteiger partial charge in [-0.05, 0) is 36.8 Å². The number of aryl methyl sites for hydroxylation is 1. The number of carbonyl (C=O) groups excluding carboxylic acids is 2. The van der Waals surface area contributed by atoms with Gasteiger partial charge in [-0.2, -0.15) is 0 Å². The molecule has 0 spiro atoms. The predicted molar refractivity (Wildman–Crippen MR) is 93.2 cm³/mol. The Labute approximate surface area is 148 Å². The predicted octanol–water partition coefficient (Wildman–Crippen LogP) is 3.34. The first-order valence-corrected chi connectivity index (χ1v) is 8.41. The molecular weight excluding hydrogens is 341 g/mol. The van der Waals surface area contributed by atoms with E-state index in [2.05, 4.69) is 10.3 Å². The van der Waals surface area contributed by atoms with Crippen LogP contribution < -0.4 is 5.32 Å². The van der Waals surface area contributed by atoms with Crippen molar-refractivity contribution in [2.24, 2.45) is 7.05 Å². The second-order valence-corrected chi connectivity index (χ2v) is 6.66. The summed E-state index contributed by atoms with van der Waals surface area (Å²) < 4.78 is 15.4. The first kappa shape index (κ1) is 17.0. The van der Waals surface area contributed by atoms with E-state index in [4.69, 9.17) is 0 Å². The monoisotopic (exact) mass is 357 g/mol. The molecule has 3 aromatic rings. The van der Waals surface area contributed by atoms with E-state index in [9.17, 15) is 14.0 Å². The molecule has 0 unspecified atom stereocenters. The summed E-state index contributed by atoms with van der Waals surface area (Å²) >= 11 is 1.13. The Bertz CT molecular complexity index is 932. The van der Waals surface area contributed by atoms with Gasteiger partial charge in [0.05, 0.1) is 9.75 Å². The number of benzene rings is 1. The highest BCUT2D eigenvalue weighted by molar-refractivity contribution is 7.15. The van der Waals surface area contributed by atoms with Gasteiger partial charge in [-0.25, -0.2) is 9.37 Å². The zero-order valence-electron chi connectivity index (χ0n) is 13.7.